The van der Waals surface area contributed by atoms with Crippen LogP contribution in [0.5, 0.6) is 5.75 Å². The first kappa shape index (κ1) is 30.0. The Balaban J connectivity index is 1.78. The summed E-state index contributed by atoms with van der Waals surface area (Å²) in [4.78, 5) is 12.0. The third kappa shape index (κ3) is 7.77. The molecule has 0 amide bonds. The molecule has 0 saturated carbocycles. The fourth-order valence-electron chi connectivity index (χ4n) is 3.45. The van der Waals surface area contributed by atoms with Crippen molar-refractivity contribution in [1.29, 1.82) is 0 Å². The number of phenolic OH excluding ortho intramolecular Hbond substituents is 1. The number of aromatic hydroxyl groups is 1. The zero-order chi connectivity index (χ0) is 28.3. The number of carbonyl (C=O) groups is 1. The van der Waals surface area contributed by atoms with E-state index in [1.54, 1.807) is 12.1 Å². The fraction of sp³-hybridized carbons (Fsp3) is 0.192. The van der Waals surface area contributed by atoms with Crippen LogP contribution in [0.25, 0.3) is 0 Å². The molecule has 2 atom stereocenters. The predicted octanol–water partition coefficient (Wildman–Crippen LogP) is 5.17. The molecule has 0 aromatic heterocycles. The monoisotopic (exact) mass is 613 g/mol. The summed E-state index contributed by atoms with van der Waals surface area (Å²) in [5, 5.41) is 23.1. The SMILES string of the molecule is CP(=O)(C#Cc1cc(Cl)c(CN[C@@H](Cc2cccc(S(C)(=O)=O)c2)C(=O)O)c(Cl)c1)c1ccc(O)c(Cl)c1. The number of hydrogen-bond acceptors (Lipinski definition) is 6. The molecule has 0 fully saturated rings. The highest BCUT2D eigenvalue weighted by molar-refractivity contribution is 7.90. The van der Waals surface area contributed by atoms with Gasteiger partial charge in [-0.2, -0.15) is 0 Å². The standard InChI is InChI=1S/C26H23Cl3NO6PS/c1-37(34,18-6-7-25(31)23(29)14-18)9-8-17-11-21(27)20(22(28)12-17)15-30-24(26(32)33)13-16-4-3-5-19(10-16)38(2,35)36/h3-7,10-12,14,24,30-31H,13,15H2,1-2H3,(H,32,33)/t24-,37?/m0/s1. The van der Waals surface area contributed by atoms with Crippen LogP contribution in [0.15, 0.2) is 59.5 Å². The minimum Gasteiger partial charge on any atom is -0.506 e. The van der Waals surface area contributed by atoms with Crippen molar-refractivity contribution in [2.24, 2.45) is 0 Å². The molecule has 3 N–H and O–H groups in total. The maximum Gasteiger partial charge on any atom is 0.321 e. The number of carboxylic acid groups (broad SMARTS) is 1. The van der Waals surface area contributed by atoms with E-state index in [0.717, 1.165) is 6.26 Å². The van der Waals surface area contributed by atoms with Gasteiger partial charge in [-0.1, -0.05) is 52.9 Å². The van der Waals surface area contributed by atoms with Crippen LogP contribution in [0.3, 0.4) is 0 Å². The van der Waals surface area contributed by atoms with E-state index in [0.29, 0.717) is 22.0 Å². The minimum absolute atomic E-state index is 0.0202. The predicted molar refractivity (Wildman–Crippen MR) is 151 cm³/mol. The molecule has 0 heterocycles. The summed E-state index contributed by atoms with van der Waals surface area (Å²) in [6.07, 6.45) is 1.11. The first-order chi connectivity index (χ1) is 17.7. The highest BCUT2D eigenvalue weighted by atomic mass is 35.5. The van der Waals surface area contributed by atoms with E-state index < -0.39 is 29.0 Å². The van der Waals surface area contributed by atoms with E-state index in [1.807, 2.05) is 0 Å². The first-order valence-electron chi connectivity index (χ1n) is 11.0. The average molecular weight is 615 g/mol. The van der Waals surface area contributed by atoms with E-state index in [-0.39, 0.29) is 38.7 Å². The zero-order valence-electron chi connectivity index (χ0n) is 20.2. The van der Waals surface area contributed by atoms with Crippen LogP contribution in [0.4, 0.5) is 0 Å². The molecule has 0 bridgehead atoms. The molecule has 12 heteroatoms. The van der Waals surface area contributed by atoms with Gasteiger partial charge in [0.2, 0.25) is 0 Å². The van der Waals surface area contributed by atoms with Crippen molar-refractivity contribution in [1.82, 2.24) is 5.32 Å². The topological polar surface area (TPSA) is 121 Å². The van der Waals surface area contributed by atoms with Crippen LogP contribution >= 0.6 is 41.9 Å². The van der Waals surface area contributed by atoms with Gasteiger partial charge >= 0.3 is 5.97 Å². The zero-order valence-corrected chi connectivity index (χ0v) is 24.2. The van der Waals surface area contributed by atoms with Crippen LogP contribution in [0.1, 0.15) is 16.7 Å². The molecule has 200 valence electrons. The third-order valence-corrected chi connectivity index (χ3v) is 9.46. The summed E-state index contributed by atoms with van der Waals surface area (Å²) in [6.45, 7) is 1.49. The van der Waals surface area contributed by atoms with Gasteiger partial charge in [0, 0.05) is 45.9 Å². The Morgan fingerprint density at radius 2 is 1.71 bits per heavy atom. The maximum atomic E-state index is 13.1. The number of sulfone groups is 1. The molecular weight excluding hydrogens is 592 g/mol. The molecule has 0 aliphatic heterocycles. The number of hydrogen-bond donors (Lipinski definition) is 3. The number of aliphatic carboxylic acids is 1. The molecule has 0 radical (unpaired) electrons. The smallest absolute Gasteiger partial charge is 0.321 e. The number of carboxylic acids is 1. The van der Waals surface area contributed by atoms with Crippen molar-refractivity contribution in [2.75, 3.05) is 12.9 Å². The van der Waals surface area contributed by atoms with Crippen LogP contribution in [-0.4, -0.2) is 43.6 Å². The van der Waals surface area contributed by atoms with Crippen LogP contribution in [0, 0.1) is 11.6 Å². The average Bonchev–Trinajstić information content (AvgIpc) is 2.82. The van der Waals surface area contributed by atoms with Gasteiger partial charge in [0.05, 0.1) is 9.92 Å². The van der Waals surface area contributed by atoms with Gasteiger partial charge in [-0.3, -0.25) is 10.1 Å². The molecule has 0 saturated heterocycles. The lowest BCUT2D eigenvalue weighted by atomic mass is 10.1. The van der Waals surface area contributed by atoms with Crippen LogP contribution < -0.4 is 10.6 Å². The van der Waals surface area contributed by atoms with Crippen molar-refractivity contribution < 1.29 is 28.0 Å². The lowest BCUT2D eigenvalue weighted by Crippen LogP contribution is -2.38. The highest BCUT2D eigenvalue weighted by Crippen LogP contribution is 2.40. The molecular formula is C26H23Cl3NO6PS. The molecule has 1 unspecified atom stereocenters. The molecule has 0 spiro atoms. The maximum absolute atomic E-state index is 13.1. The lowest BCUT2D eigenvalue weighted by molar-refractivity contribution is -0.139. The quantitative estimate of drug-likeness (QED) is 0.237. The Hall–Kier alpha value is -2.50. The first-order valence-corrected chi connectivity index (χ1v) is 16.2. The summed E-state index contributed by atoms with van der Waals surface area (Å²) >= 11 is 18.7. The normalized spacial score (nSPS) is 13.7. The molecule has 0 aliphatic rings. The number of rotatable bonds is 8. The third-order valence-electron chi connectivity index (χ3n) is 5.57. The highest BCUT2D eigenvalue weighted by Gasteiger charge is 2.20. The lowest BCUT2D eigenvalue weighted by Gasteiger charge is -2.16. The molecule has 3 aromatic carbocycles. The van der Waals surface area contributed by atoms with Crippen molar-refractivity contribution in [3.05, 3.63) is 86.4 Å². The summed E-state index contributed by atoms with van der Waals surface area (Å²) in [7, 11) is -6.57. The van der Waals surface area contributed by atoms with E-state index in [2.05, 4.69) is 16.9 Å². The number of nitrogens with one attached hydrogen (secondary N) is 1. The molecule has 3 aromatic rings. The second-order valence-corrected chi connectivity index (χ2v) is 14.4. The van der Waals surface area contributed by atoms with Gasteiger partial charge in [-0.25, -0.2) is 8.42 Å². The second kappa shape index (κ2) is 12.1. The van der Waals surface area contributed by atoms with Crippen LogP contribution in [-0.2, 0) is 32.2 Å². The van der Waals surface area contributed by atoms with Crippen molar-refractivity contribution in [2.45, 2.75) is 23.9 Å². The van der Waals surface area contributed by atoms with Gasteiger partial charge in [0.25, 0.3) is 0 Å². The number of benzene rings is 3. The minimum atomic E-state index is -3.43. The Morgan fingerprint density at radius 3 is 2.29 bits per heavy atom. The van der Waals surface area contributed by atoms with Gasteiger partial charge in [0.1, 0.15) is 11.8 Å². The summed E-state index contributed by atoms with van der Waals surface area (Å²) in [5.74, 6) is 1.55. The van der Waals surface area contributed by atoms with Crippen molar-refractivity contribution in [3.63, 3.8) is 0 Å². The van der Waals surface area contributed by atoms with Gasteiger partial charge < -0.3 is 14.8 Å². The molecule has 7 nitrogen and oxygen atoms in total. The largest absolute Gasteiger partial charge is 0.506 e. The Morgan fingerprint density at radius 1 is 1.05 bits per heavy atom. The molecule has 38 heavy (non-hydrogen) atoms. The van der Waals surface area contributed by atoms with Gasteiger partial charge in [-0.15, -0.1) is 0 Å². The number of halogens is 3. The van der Waals surface area contributed by atoms with Crippen molar-refractivity contribution >= 4 is 63.1 Å². The van der Waals surface area contributed by atoms with Gasteiger partial charge in [-0.05, 0) is 60.1 Å². The molecule has 0 aliphatic carbocycles. The Kier molecular flexibility index (Phi) is 9.59. The van der Waals surface area contributed by atoms with Crippen LogP contribution in [0.2, 0.25) is 15.1 Å². The summed E-state index contributed by atoms with van der Waals surface area (Å²) in [5.41, 5.74) is 4.12. The van der Waals surface area contributed by atoms with Crippen molar-refractivity contribution in [3.8, 4) is 17.3 Å². The second-order valence-electron chi connectivity index (χ2n) is 8.61. The van der Waals surface area contributed by atoms with Gasteiger partial charge in [0.15, 0.2) is 17.0 Å². The summed E-state index contributed by atoms with van der Waals surface area (Å²) in [6, 6.07) is 12.4. The Bertz CT molecular complexity index is 1590. The fourth-order valence-corrected chi connectivity index (χ4v) is 6.23. The van der Waals surface area contributed by atoms with E-state index in [4.69, 9.17) is 34.8 Å². The summed E-state index contributed by atoms with van der Waals surface area (Å²) < 4.78 is 36.7. The Labute approximate surface area is 236 Å². The number of phenols is 1. The van der Waals surface area contributed by atoms with E-state index >= 15 is 0 Å². The van der Waals surface area contributed by atoms with E-state index in [1.165, 1.54) is 49.1 Å². The van der Waals surface area contributed by atoms with E-state index in [9.17, 15) is 28.0 Å². The molecule has 3 rings (SSSR count).